The van der Waals surface area contributed by atoms with Gasteiger partial charge in [-0.15, -0.1) is 0 Å². The Morgan fingerprint density at radius 3 is 2.84 bits per heavy atom. The lowest BCUT2D eigenvalue weighted by Crippen LogP contribution is -2.38. The average Bonchev–Trinajstić information content (AvgIpc) is 3.28. The lowest BCUT2D eigenvalue weighted by Gasteiger charge is -2.27. The summed E-state index contributed by atoms with van der Waals surface area (Å²) in [4.78, 5) is 0.0980. The van der Waals surface area contributed by atoms with E-state index in [9.17, 15) is 13.5 Å². The van der Waals surface area contributed by atoms with E-state index in [1.807, 2.05) is 0 Å². The number of nitrogens with zero attached hydrogens (tertiary/aromatic N) is 1. The number of ether oxygens (including phenoxy) is 3. The molecular formula is C17H23NO6S. The van der Waals surface area contributed by atoms with Crippen molar-refractivity contribution in [2.45, 2.75) is 29.4 Å². The van der Waals surface area contributed by atoms with E-state index in [2.05, 4.69) is 0 Å². The maximum Gasteiger partial charge on any atom is 0.247 e. The molecule has 7 nitrogen and oxygen atoms in total. The van der Waals surface area contributed by atoms with Gasteiger partial charge in [-0.3, -0.25) is 0 Å². The molecule has 0 unspecified atom stereocenters. The Hall–Kier alpha value is -1.35. The third-order valence-electron chi connectivity index (χ3n) is 5.95. The van der Waals surface area contributed by atoms with Gasteiger partial charge in [0.2, 0.25) is 10.0 Å². The van der Waals surface area contributed by atoms with Crippen molar-refractivity contribution in [3.8, 4) is 11.5 Å². The molecule has 1 N–H and O–H groups in total. The number of hydrogen-bond acceptors (Lipinski definition) is 6. The van der Waals surface area contributed by atoms with Gasteiger partial charge >= 0.3 is 0 Å². The Bertz CT molecular complexity index is 781. The van der Waals surface area contributed by atoms with Crippen LogP contribution in [0.4, 0.5) is 0 Å². The number of hydrogen-bond donors (Lipinski definition) is 1. The van der Waals surface area contributed by atoms with Gasteiger partial charge in [0.25, 0.3) is 0 Å². The van der Waals surface area contributed by atoms with E-state index in [0.717, 1.165) is 12.8 Å². The molecule has 138 valence electrons. The Kier molecular flexibility index (Phi) is 3.99. The Morgan fingerprint density at radius 2 is 2.16 bits per heavy atom. The molecule has 0 saturated carbocycles. The normalized spacial score (nSPS) is 34.3. The molecule has 3 aliphatic rings. The van der Waals surface area contributed by atoms with Gasteiger partial charge in [-0.25, -0.2) is 8.42 Å². The first-order chi connectivity index (χ1) is 11.9. The summed E-state index contributed by atoms with van der Waals surface area (Å²) in [5.41, 5.74) is -0.447. The number of rotatable bonds is 5. The fourth-order valence-corrected chi connectivity index (χ4v) is 6.39. The number of sulfonamides is 1. The number of aliphatic hydroxyl groups is 1. The van der Waals surface area contributed by atoms with E-state index in [1.165, 1.54) is 24.6 Å². The monoisotopic (exact) mass is 369 g/mol. The van der Waals surface area contributed by atoms with Crippen LogP contribution in [0.1, 0.15) is 12.8 Å². The van der Waals surface area contributed by atoms with Gasteiger partial charge in [0, 0.05) is 37.6 Å². The Balaban J connectivity index is 1.69. The van der Waals surface area contributed by atoms with E-state index in [4.69, 9.17) is 14.2 Å². The van der Waals surface area contributed by atoms with E-state index in [0.29, 0.717) is 24.6 Å². The molecule has 1 spiro atoms. The first-order valence-electron chi connectivity index (χ1n) is 8.46. The van der Waals surface area contributed by atoms with Gasteiger partial charge < -0.3 is 19.3 Å². The first kappa shape index (κ1) is 17.1. The quantitative estimate of drug-likeness (QED) is 0.829. The standard InChI is InChI=1S/C17H23NO6S/c1-22-11-3-4-15(23-2)16(7-11)25(20,21)18-8-13-12(9-19)14-5-6-17(13,10-18)24-14/h3-4,7,12-14,19H,5-6,8-10H2,1-2H3/t12-,13+,14+,17+/m0/s1. The Morgan fingerprint density at radius 1 is 1.36 bits per heavy atom. The van der Waals surface area contributed by atoms with Crippen LogP contribution >= 0.6 is 0 Å². The number of aliphatic hydroxyl groups excluding tert-OH is 1. The molecule has 1 aromatic carbocycles. The van der Waals surface area contributed by atoms with E-state index in [1.54, 1.807) is 12.1 Å². The summed E-state index contributed by atoms with van der Waals surface area (Å²) in [6.45, 7) is 0.727. The molecule has 8 heteroatoms. The molecule has 0 aromatic heterocycles. The second-order valence-electron chi connectivity index (χ2n) is 7.03. The lowest BCUT2D eigenvalue weighted by atomic mass is 9.74. The van der Waals surface area contributed by atoms with Crippen LogP contribution in [-0.4, -0.2) is 63.5 Å². The van der Waals surface area contributed by atoms with Crippen LogP contribution in [0.5, 0.6) is 11.5 Å². The van der Waals surface area contributed by atoms with Gasteiger partial charge in [-0.2, -0.15) is 4.31 Å². The third kappa shape index (κ3) is 2.38. The molecular weight excluding hydrogens is 346 g/mol. The maximum atomic E-state index is 13.3. The predicted octanol–water partition coefficient (Wildman–Crippen LogP) is 0.864. The van der Waals surface area contributed by atoms with E-state index >= 15 is 0 Å². The highest BCUT2D eigenvalue weighted by atomic mass is 32.2. The SMILES string of the molecule is COc1ccc(OC)c(S(=O)(=O)N2C[C@@H]3[C@H](CO)[C@H]4CC[C@]3(C2)O4)c1. The first-order valence-corrected chi connectivity index (χ1v) is 9.90. The highest BCUT2D eigenvalue weighted by Crippen LogP contribution is 2.55. The van der Waals surface area contributed by atoms with Gasteiger partial charge in [-0.1, -0.05) is 0 Å². The number of fused-ring (bicyclic) bond motifs is 1. The van der Waals surface area contributed by atoms with Gasteiger partial charge in [0.05, 0.1) is 25.9 Å². The molecule has 3 heterocycles. The van der Waals surface area contributed by atoms with E-state index in [-0.39, 0.29) is 29.4 Å². The Labute approximate surface area is 147 Å². The molecule has 25 heavy (non-hydrogen) atoms. The van der Waals surface area contributed by atoms with Crippen LogP contribution in [0.2, 0.25) is 0 Å². The third-order valence-corrected chi connectivity index (χ3v) is 7.78. The summed E-state index contributed by atoms with van der Waals surface area (Å²) in [6.07, 6.45) is 1.80. The van der Waals surface area contributed by atoms with Crippen molar-refractivity contribution in [1.29, 1.82) is 0 Å². The van der Waals surface area contributed by atoms with Crippen LogP contribution in [-0.2, 0) is 14.8 Å². The highest BCUT2D eigenvalue weighted by Gasteiger charge is 2.64. The minimum Gasteiger partial charge on any atom is -0.497 e. The largest absolute Gasteiger partial charge is 0.497 e. The number of benzene rings is 1. The average molecular weight is 369 g/mol. The molecule has 3 fully saturated rings. The van der Waals surface area contributed by atoms with Gasteiger partial charge in [0.1, 0.15) is 16.4 Å². The minimum absolute atomic E-state index is 0.0150. The van der Waals surface area contributed by atoms with Crippen LogP contribution in [0.3, 0.4) is 0 Å². The van der Waals surface area contributed by atoms with Crippen molar-refractivity contribution in [3.05, 3.63) is 18.2 Å². The van der Waals surface area contributed by atoms with Crippen LogP contribution in [0, 0.1) is 11.8 Å². The molecule has 3 aliphatic heterocycles. The highest BCUT2D eigenvalue weighted by molar-refractivity contribution is 7.89. The zero-order valence-corrected chi connectivity index (χ0v) is 15.2. The zero-order chi connectivity index (χ0) is 17.8. The van der Waals surface area contributed by atoms with E-state index < -0.39 is 15.6 Å². The summed E-state index contributed by atoms with van der Waals surface area (Å²) < 4.78 is 44.5. The summed E-state index contributed by atoms with van der Waals surface area (Å²) in [6, 6.07) is 4.75. The molecule has 0 aliphatic carbocycles. The van der Waals surface area contributed by atoms with Crippen LogP contribution in [0.25, 0.3) is 0 Å². The predicted molar refractivity (Wildman–Crippen MR) is 89.2 cm³/mol. The van der Waals surface area contributed by atoms with Crippen molar-refractivity contribution in [1.82, 2.24) is 4.31 Å². The minimum atomic E-state index is -3.75. The van der Waals surface area contributed by atoms with Crippen molar-refractivity contribution in [2.24, 2.45) is 11.8 Å². The molecule has 4 atom stereocenters. The molecule has 4 rings (SSSR count). The van der Waals surface area contributed by atoms with Crippen molar-refractivity contribution in [2.75, 3.05) is 33.9 Å². The van der Waals surface area contributed by atoms with Crippen molar-refractivity contribution < 1.29 is 27.7 Å². The zero-order valence-electron chi connectivity index (χ0n) is 14.3. The summed E-state index contributed by atoms with van der Waals surface area (Å²) >= 11 is 0. The fourth-order valence-electron chi connectivity index (χ4n) is 4.70. The lowest BCUT2D eigenvalue weighted by molar-refractivity contribution is 0.00643. The second kappa shape index (κ2) is 5.84. The molecule has 1 aromatic rings. The molecule has 0 radical (unpaired) electrons. The summed E-state index contributed by atoms with van der Waals surface area (Å²) in [5, 5.41) is 9.70. The fraction of sp³-hybridized carbons (Fsp3) is 0.647. The molecule has 2 bridgehead atoms. The summed E-state index contributed by atoms with van der Waals surface area (Å²) in [5.74, 6) is 0.811. The van der Waals surface area contributed by atoms with Gasteiger partial charge in [0.15, 0.2) is 0 Å². The van der Waals surface area contributed by atoms with Crippen molar-refractivity contribution in [3.63, 3.8) is 0 Å². The maximum absolute atomic E-state index is 13.3. The summed E-state index contributed by atoms with van der Waals surface area (Å²) in [7, 11) is -0.806. The molecule has 0 amide bonds. The van der Waals surface area contributed by atoms with Crippen molar-refractivity contribution >= 4 is 10.0 Å². The molecule has 3 saturated heterocycles. The topological polar surface area (TPSA) is 85.3 Å². The van der Waals surface area contributed by atoms with Crippen LogP contribution < -0.4 is 9.47 Å². The second-order valence-corrected chi connectivity index (χ2v) is 8.93. The number of methoxy groups -OCH3 is 2. The van der Waals surface area contributed by atoms with Gasteiger partial charge in [-0.05, 0) is 25.0 Å². The smallest absolute Gasteiger partial charge is 0.247 e. The van der Waals surface area contributed by atoms with Crippen LogP contribution in [0.15, 0.2) is 23.1 Å².